The molecule has 3 aliphatic rings. The second-order valence-corrected chi connectivity index (χ2v) is 14.0. The zero-order chi connectivity index (χ0) is 36.7. The number of pyridine rings is 1. The predicted octanol–water partition coefficient (Wildman–Crippen LogP) is 2.40. The van der Waals surface area contributed by atoms with Gasteiger partial charge in [-0.15, -0.1) is 0 Å². The van der Waals surface area contributed by atoms with Crippen molar-refractivity contribution >= 4 is 46.6 Å². The number of carbonyl (C=O) groups excluding carboxylic acids is 6. The number of aromatic nitrogens is 1. The van der Waals surface area contributed by atoms with Gasteiger partial charge >= 0.3 is 12.1 Å². The molecular weight excluding hydrogens is 660 g/mol. The molecule has 276 valence electrons. The Morgan fingerprint density at radius 1 is 0.961 bits per heavy atom. The molecule has 1 aromatic heterocycles. The van der Waals surface area contributed by atoms with E-state index in [4.69, 9.17) is 14.2 Å². The Labute approximate surface area is 297 Å². The van der Waals surface area contributed by atoms with Crippen LogP contribution in [0.15, 0.2) is 30.3 Å². The third-order valence-electron chi connectivity index (χ3n) is 8.84. The molecule has 0 bridgehead atoms. The van der Waals surface area contributed by atoms with E-state index in [1.54, 1.807) is 61.8 Å². The summed E-state index contributed by atoms with van der Waals surface area (Å²) in [7, 11) is 0. The van der Waals surface area contributed by atoms with Gasteiger partial charge in [-0.2, -0.15) is 0 Å². The van der Waals surface area contributed by atoms with Gasteiger partial charge in [0.1, 0.15) is 29.1 Å². The summed E-state index contributed by atoms with van der Waals surface area (Å²) in [6.07, 6.45) is 2.58. The Morgan fingerprint density at radius 2 is 1.67 bits per heavy atom. The zero-order valence-electron chi connectivity index (χ0n) is 29.8. The third kappa shape index (κ3) is 10.1. The van der Waals surface area contributed by atoms with Crippen LogP contribution in [0, 0.1) is 0 Å². The Bertz CT molecular complexity index is 1630. The van der Waals surface area contributed by atoms with Gasteiger partial charge in [-0.3, -0.25) is 24.0 Å². The van der Waals surface area contributed by atoms with Crippen molar-refractivity contribution in [1.29, 1.82) is 0 Å². The molecular formula is C36H48N6O9. The van der Waals surface area contributed by atoms with Crippen molar-refractivity contribution in [1.82, 2.24) is 30.3 Å². The minimum absolute atomic E-state index is 0.0334. The molecule has 1 saturated carbocycles. The van der Waals surface area contributed by atoms with Gasteiger partial charge in [0.25, 0.3) is 11.8 Å². The van der Waals surface area contributed by atoms with Crippen molar-refractivity contribution in [2.24, 2.45) is 0 Å². The Hall–Kier alpha value is -4.95. The minimum atomic E-state index is -1.10. The number of carbonyl (C=O) groups is 6. The SMILES string of the molecule is CCOC(=O)N1CCN(C(=O)[C@H](CCC(=O)OC(C)(C)C)NC(=O)c2cc(OCC(=O)N3CCC[C@H]3C(=O)NC3CC3)c3ccccc3n2)CC1. The maximum Gasteiger partial charge on any atom is 0.409 e. The first-order chi connectivity index (χ1) is 24.3. The summed E-state index contributed by atoms with van der Waals surface area (Å²) in [5, 5.41) is 6.31. The van der Waals surface area contributed by atoms with Crippen LogP contribution < -0.4 is 15.4 Å². The lowest BCUT2D eigenvalue weighted by atomic mass is 10.1. The molecule has 5 amide bonds. The van der Waals surface area contributed by atoms with E-state index >= 15 is 0 Å². The maximum absolute atomic E-state index is 13.8. The highest BCUT2D eigenvalue weighted by Crippen LogP contribution is 2.27. The van der Waals surface area contributed by atoms with Crippen LogP contribution in [0.3, 0.4) is 0 Å². The molecule has 2 aliphatic heterocycles. The summed E-state index contributed by atoms with van der Waals surface area (Å²) < 4.78 is 16.5. The van der Waals surface area contributed by atoms with Crippen molar-refractivity contribution in [2.45, 2.75) is 89.9 Å². The van der Waals surface area contributed by atoms with Crippen LogP contribution in [0.1, 0.15) is 76.7 Å². The fourth-order valence-electron chi connectivity index (χ4n) is 6.15. The summed E-state index contributed by atoms with van der Waals surface area (Å²) >= 11 is 0. The van der Waals surface area contributed by atoms with E-state index in [2.05, 4.69) is 15.6 Å². The summed E-state index contributed by atoms with van der Waals surface area (Å²) in [6.45, 7) is 8.23. The van der Waals surface area contributed by atoms with Gasteiger partial charge in [0, 0.05) is 56.6 Å². The van der Waals surface area contributed by atoms with Crippen LogP contribution in [0.4, 0.5) is 4.79 Å². The molecule has 2 N–H and O–H groups in total. The minimum Gasteiger partial charge on any atom is -0.483 e. The molecule has 1 aromatic carbocycles. The van der Waals surface area contributed by atoms with Crippen LogP contribution in [0.2, 0.25) is 0 Å². The van der Waals surface area contributed by atoms with E-state index in [1.807, 2.05) is 0 Å². The Kier molecular flexibility index (Phi) is 12.0. The summed E-state index contributed by atoms with van der Waals surface area (Å²) in [6, 6.07) is 6.95. The fourth-order valence-corrected chi connectivity index (χ4v) is 6.15. The second-order valence-electron chi connectivity index (χ2n) is 14.0. The van der Waals surface area contributed by atoms with Gasteiger partial charge in [0.2, 0.25) is 11.8 Å². The lowest BCUT2D eigenvalue weighted by molar-refractivity contribution is -0.155. The second kappa shape index (κ2) is 16.4. The lowest BCUT2D eigenvalue weighted by Gasteiger charge is -2.36. The number of hydrogen-bond acceptors (Lipinski definition) is 10. The molecule has 15 nitrogen and oxygen atoms in total. The largest absolute Gasteiger partial charge is 0.483 e. The molecule has 3 heterocycles. The quantitative estimate of drug-likeness (QED) is 0.312. The normalized spacial score (nSPS) is 18.2. The van der Waals surface area contributed by atoms with Gasteiger partial charge < -0.3 is 39.5 Å². The number of rotatable bonds is 12. The number of ether oxygens (including phenoxy) is 3. The third-order valence-corrected chi connectivity index (χ3v) is 8.84. The van der Waals surface area contributed by atoms with Crippen molar-refractivity contribution in [3.8, 4) is 5.75 Å². The van der Waals surface area contributed by atoms with Crippen LogP contribution in [0.25, 0.3) is 10.9 Å². The van der Waals surface area contributed by atoms with Crippen molar-refractivity contribution < 1.29 is 43.0 Å². The van der Waals surface area contributed by atoms with Crippen molar-refractivity contribution in [3.63, 3.8) is 0 Å². The molecule has 1 aliphatic carbocycles. The molecule has 0 unspecified atom stereocenters. The Balaban J connectivity index is 1.30. The number of benzene rings is 1. The van der Waals surface area contributed by atoms with Crippen molar-refractivity contribution in [2.75, 3.05) is 45.9 Å². The molecule has 51 heavy (non-hydrogen) atoms. The molecule has 0 radical (unpaired) electrons. The van der Waals surface area contributed by atoms with E-state index in [9.17, 15) is 28.8 Å². The van der Waals surface area contributed by atoms with Crippen LogP contribution in [-0.4, -0.2) is 125 Å². The average molecular weight is 709 g/mol. The van der Waals surface area contributed by atoms with Gasteiger partial charge in [-0.25, -0.2) is 9.78 Å². The number of fused-ring (bicyclic) bond motifs is 1. The van der Waals surface area contributed by atoms with Gasteiger partial charge in [-0.05, 0) is 71.9 Å². The van der Waals surface area contributed by atoms with Crippen LogP contribution >= 0.6 is 0 Å². The zero-order valence-corrected chi connectivity index (χ0v) is 29.8. The number of nitrogens with zero attached hydrogens (tertiary/aromatic N) is 4. The number of amides is 5. The number of esters is 1. The predicted molar refractivity (Wildman–Crippen MR) is 185 cm³/mol. The number of likely N-dealkylation sites (tertiary alicyclic amines) is 1. The number of hydrogen-bond donors (Lipinski definition) is 2. The number of piperazine rings is 1. The molecule has 2 atom stereocenters. The number of nitrogens with one attached hydrogen (secondary N) is 2. The molecule has 0 spiro atoms. The standard InChI is InChI=1S/C36H48N6O9/c1-5-49-35(48)41-19-17-40(18-20-41)34(47)26(14-15-31(44)51-36(2,3)4)39-32(45)27-21-29(24-9-6-7-10-25(24)38-27)50-22-30(43)42-16-8-11-28(42)33(46)37-23-12-13-23/h6-7,9-10,21,23,26,28H,5,8,11-20,22H2,1-4H3,(H,37,46)(H,39,45)/t26-,28-/m0/s1. The smallest absolute Gasteiger partial charge is 0.409 e. The Morgan fingerprint density at radius 3 is 2.35 bits per heavy atom. The molecule has 3 fully saturated rings. The van der Waals surface area contributed by atoms with E-state index in [1.165, 1.54) is 11.0 Å². The van der Waals surface area contributed by atoms with Gasteiger partial charge in [0.05, 0.1) is 12.1 Å². The van der Waals surface area contributed by atoms with E-state index in [-0.39, 0.29) is 81.5 Å². The average Bonchev–Trinajstić information content (AvgIpc) is 3.77. The van der Waals surface area contributed by atoms with Crippen molar-refractivity contribution in [3.05, 3.63) is 36.0 Å². The monoisotopic (exact) mass is 708 g/mol. The number of para-hydroxylation sites is 1. The fraction of sp³-hybridized carbons (Fsp3) is 0.583. The summed E-state index contributed by atoms with van der Waals surface area (Å²) in [5.41, 5.74) is -0.349. The highest BCUT2D eigenvalue weighted by atomic mass is 16.6. The van der Waals surface area contributed by atoms with Crippen LogP contribution in [-0.2, 0) is 28.7 Å². The molecule has 2 aromatic rings. The van der Waals surface area contributed by atoms with Gasteiger partial charge in [0.15, 0.2) is 6.61 Å². The summed E-state index contributed by atoms with van der Waals surface area (Å²) in [4.78, 5) is 87.5. The van der Waals surface area contributed by atoms with E-state index in [0.717, 1.165) is 12.8 Å². The van der Waals surface area contributed by atoms with Gasteiger partial charge in [-0.1, -0.05) is 12.1 Å². The topological polar surface area (TPSA) is 177 Å². The van der Waals surface area contributed by atoms with E-state index in [0.29, 0.717) is 30.3 Å². The first kappa shape index (κ1) is 37.3. The first-order valence-corrected chi connectivity index (χ1v) is 17.7. The maximum atomic E-state index is 13.8. The van der Waals surface area contributed by atoms with E-state index < -0.39 is 41.6 Å². The first-order valence-electron chi connectivity index (χ1n) is 17.7. The molecule has 15 heteroatoms. The highest BCUT2D eigenvalue weighted by Gasteiger charge is 2.37. The summed E-state index contributed by atoms with van der Waals surface area (Å²) in [5.74, 6) is -1.86. The highest BCUT2D eigenvalue weighted by molar-refractivity contribution is 5.99. The molecule has 2 saturated heterocycles. The lowest BCUT2D eigenvalue weighted by Crippen LogP contribution is -2.56. The molecule has 5 rings (SSSR count). The van der Waals surface area contributed by atoms with Crippen LogP contribution in [0.5, 0.6) is 5.75 Å².